The SMILES string of the molecule is CS(=O)(=O)Nc1ccc2ccn(-c3cc(-c4ccc(F)nc4)cc(-c4ccc(F)cc4F)c3)c2c1. The topological polar surface area (TPSA) is 64.0 Å². The molecule has 9 heteroatoms. The molecule has 0 spiro atoms. The van der Waals surface area contributed by atoms with Crippen LogP contribution in [0.2, 0.25) is 0 Å². The molecular weight excluding hydrogens is 475 g/mol. The minimum atomic E-state index is -3.47. The first-order valence-corrected chi connectivity index (χ1v) is 12.4. The lowest BCUT2D eigenvalue weighted by atomic mass is 9.98. The van der Waals surface area contributed by atoms with Gasteiger partial charge in [-0.25, -0.2) is 22.2 Å². The second-order valence-corrected chi connectivity index (χ2v) is 9.84. The number of halogens is 3. The summed E-state index contributed by atoms with van der Waals surface area (Å²) < 4.78 is 69.3. The summed E-state index contributed by atoms with van der Waals surface area (Å²) >= 11 is 0. The van der Waals surface area contributed by atoms with Crippen molar-refractivity contribution in [2.75, 3.05) is 11.0 Å². The normalized spacial score (nSPS) is 11.7. The molecule has 0 bridgehead atoms. The van der Waals surface area contributed by atoms with Gasteiger partial charge in [0.1, 0.15) is 11.6 Å². The Labute approximate surface area is 199 Å². The van der Waals surface area contributed by atoms with Crippen molar-refractivity contribution in [3.8, 4) is 27.9 Å². The number of fused-ring (bicyclic) bond motifs is 1. The number of hydrogen-bond donors (Lipinski definition) is 1. The van der Waals surface area contributed by atoms with Crippen molar-refractivity contribution in [1.82, 2.24) is 9.55 Å². The van der Waals surface area contributed by atoms with Crippen LogP contribution in [-0.4, -0.2) is 24.2 Å². The molecule has 0 radical (unpaired) electrons. The van der Waals surface area contributed by atoms with E-state index < -0.39 is 27.6 Å². The van der Waals surface area contributed by atoms with Gasteiger partial charge in [0.15, 0.2) is 0 Å². The Hall–Kier alpha value is -4.11. The van der Waals surface area contributed by atoms with Gasteiger partial charge < -0.3 is 4.57 Å². The summed E-state index contributed by atoms with van der Waals surface area (Å²) in [5.41, 5.74) is 3.65. The number of pyridine rings is 1. The van der Waals surface area contributed by atoms with Gasteiger partial charge in [0.2, 0.25) is 16.0 Å². The average molecular weight is 494 g/mol. The number of hydrogen-bond acceptors (Lipinski definition) is 3. The maximum absolute atomic E-state index is 14.7. The number of nitrogens with one attached hydrogen (secondary N) is 1. The lowest BCUT2D eigenvalue weighted by molar-refractivity contribution is 0.584. The van der Waals surface area contributed by atoms with Crippen molar-refractivity contribution in [3.63, 3.8) is 0 Å². The summed E-state index contributed by atoms with van der Waals surface area (Å²) in [6, 6.07) is 18.4. The molecule has 5 aromatic rings. The number of nitrogens with zero attached hydrogens (tertiary/aromatic N) is 2. The zero-order valence-corrected chi connectivity index (χ0v) is 19.2. The van der Waals surface area contributed by atoms with Gasteiger partial charge in [0, 0.05) is 40.7 Å². The van der Waals surface area contributed by atoms with E-state index in [-0.39, 0.29) is 5.56 Å². The Bertz CT molecular complexity index is 1680. The smallest absolute Gasteiger partial charge is 0.229 e. The van der Waals surface area contributed by atoms with Crippen LogP contribution < -0.4 is 4.72 Å². The lowest BCUT2D eigenvalue weighted by Gasteiger charge is -2.14. The highest BCUT2D eigenvalue weighted by Gasteiger charge is 2.13. The number of anilines is 1. The minimum absolute atomic E-state index is 0.195. The largest absolute Gasteiger partial charge is 0.316 e. The molecular formula is C26H18F3N3O2S. The summed E-state index contributed by atoms with van der Waals surface area (Å²) in [4.78, 5) is 3.71. The predicted molar refractivity (Wildman–Crippen MR) is 130 cm³/mol. The fourth-order valence-electron chi connectivity index (χ4n) is 3.97. The summed E-state index contributed by atoms with van der Waals surface area (Å²) in [5, 5.41) is 0.854. The molecule has 0 unspecified atom stereocenters. The van der Waals surface area contributed by atoms with E-state index in [9.17, 15) is 21.6 Å². The van der Waals surface area contributed by atoms with E-state index in [1.165, 1.54) is 24.4 Å². The maximum atomic E-state index is 14.7. The van der Waals surface area contributed by atoms with Crippen LogP contribution >= 0.6 is 0 Å². The minimum Gasteiger partial charge on any atom is -0.316 e. The molecule has 0 amide bonds. The van der Waals surface area contributed by atoms with Gasteiger partial charge in [0.05, 0.1) is 17.5 Å². The number of sulfonamides is 1. The monoisotopic (exact) mass is 493 g/mol. The third-order valence-electron chi connectivity index (χ3n) is 5.50. The summed E-state index contributed by atoms with van der Waals surface area (Å²) in [5.74, 6) is -2.04. The van der Waals surface area contributed by atoms with E-state index >= 15 is 0 Å². The van der Waals surface area contributed by atoms with Crippen LogP contribution in [0.5, 0.6) is 0 Å². The Morgan fingerprint density at radius 2 is 1.63 bits per heavy atom. The number of aromatic nitrogens is 2. The molecule has 0 saturated heterocycles. The van der Waals surface area contributed by atoms with Gasteiger partial charge in [-0.2, -0.15) is 4.39 Å². The zero-order chi connectivity index (χ0) is 24.7. The molecule has 2 heterocycles. The Balaban J connectivity index is 1.72. The third kappa shape index (κ3) is 4.76. The van der Waals surface area contributed by atoms with Gasteiger partial charge in [-0.05, 0) is 71.8 Å². The van der Waals surface area contributed by atoms with E-state index in [1.54, 1.807) is 36.4 Å². The standard InChI is InChI=1S/C26H18F3N3O2S/c1-35(33,34)31-21-5-2-16-8-9-32(25(16)14-21)22-11-18(17-3-7-26(29)30-15-17)10-19(12-22)23-6-4-20(27)13-24(23)28/h2-15,31H,1H3. The van der Waals surface area contributed by atoms with Crippen molar-refractivity contribution >= 4 is 26.6 Å². The predicted octanol–water partition coefficient (Wildman–Crippen LogP) is 6.15. The van der Waals surface area contributed by atoms with E-state index in [2.05, 4.69) is 9.71 Å². The van der Waals surface area contributed by atoms with Crippen LogP contribution in [0.3, 0.4) is 0 Å². The molecule has 5 rings (SSSR count). The fourth-order valence-corrected chi connectivity index (χ4v) is 4.53. The molecule has 0 atom stereocenters. The second-order valence-electron chi connectivity index (χ2n) is 8.10. The molecule has 5 nitrogen and oxygen atoms in total. The average Bonchev–Trinajstić information content (AvgIpc) is 3.21. The van der Waals surface area contributed by atoms with Crippen molar-refractivity contribution in [2.24, 2.45) is 0 Å². The summed E-state index contributed by atoms with van der Waals surface area (Å²) in [6.45, 7) is 0. The van der Waals surface area contributed by atoms with Crippen LogP contribution in [-0.2, 0) is 10.0 Å². The molecule has 2 aromatic heterocycles. The molecule has 1 N–H and O–H groups in total. The zero-order valence-electron chi connectivity index (χ0n) is 18.3. The van der Waals surface area contributed by atoms with Gasteiger partial charge in [-0.1, -0.05) is 6.07 Å². The lowest BCUT2D eigenvalue weighted by Crippen LogP contribution is -2.09. The van der Waals surface area contributed by atoms with Gasteiger partial charge in [-0.3, -0.25) is 4.72 Å². The number of benzene rings is 3. The van der Waals surface area contributed by atoms with Gasteiger partial charge >= 0.3 is 0 Å². The molecule has 0 fully saturated rings. The second kappa shape index (κ2) is 8.59. The summed E-state index contributed by atoms with van der Waals surface area (Å²) in [6.07, 6.45) is 4.25. The van der Waals surface area contributed by atoms with Gasteiger partial charge in [0.25, 0.3) is 0 Å². The van der Waals surface area contributed by atoms with Crippen LogP contribution in [0.25, 0.3) is 38.8 Å². The maximum Gasteiger partial charge on any atom is 0.229 e. The first-order valence-electron chi connectivity index (χ1n) is 10.5. The molecule has 0 aliphatic carbocycles. The Morgan fingerprint density at radius 1 is 0.829 bits per heavy atom. The summed E-state index contributed by atoms with van der Waals surface area (Å²) in [7, 11) is -3.47. The fraction of sp³-hybridized carbons (Fsp3) is 0.0385. The van der Waals surface area contributed by atoms with Crippen LogP contribution in [0.4, 0.5) is 18.9 Å². The quantitative estimate of drug-likeness (QED) is 0.299. The molecule has 0 aliphatic rings. The van der Waals surface area contributed by atoms with Crippen LogP contribution in [0.15, 0.2) is 85.2 Å². The van der Waals surface area contributed by atoms with Crippen molar-refractivity contribution in [1.29, 1.82) is 0 Å². The molecule has 0 saturated carbocycles. The van der Waals surface area contributed by atoms with E-state index in [0.717, 1.165) is 17.7 Å². The van der Waals surface area contributed by atoms with Crippen LogP contribution in [0, 0.1) is 17.6 Å². The van der Waals surface area contributed by atoms with Crippen molar-refractivity contribution in [2.45, 2.75) is 0 Å². The molecule has 35 heavy (non-hydrogen) atoms. The molecule has 3 aromatic carbocycles. The Kier molecular flexibility index (Phi) is 5.56. The van der Waals surface area contributed by atoms with E-state index in [0.29, 0.717) is 33.6 Å². The highest BCUT2D eigenvalue weighted by atomic mass is 32.2. The van der Waals surface area contributed by atoms with Crippen molar-refractivity contribution in [3.05, 3.63) is 103 Å². The van der Waals surface area contributed by atoms with Gasteiger partial charge in [-0.15, -0.1) is 0 Å². The van der Waals surface area contributed by atoms with E-state index in [1.807, 2.05) is 22.9 Å². The van der Waals surface area contributed by atoms with Crippen molar-refractivity contribution < 1.29 is 21.6 Å². The first-order chi connectivity index (χ1) is 16.7. The van der Waals surface area contributed by atoms with Crippen LogP contribution in [0.1, 0.15) is 0 Å². The van der Waals surface area contributed by atoms with E-state index in [4.69, 9.17) is 0 Å². The molecule has 176 valence electrons. The highest BCUT2D eigenvalue weighted by molar-refractivity contribution is 7.92. The third-order valence-corrected chi connectivity index (χ3v) is 6.10. The Morgan fingerprint density at radius 3 is 2.34 bits per heavy atom. The first kappa shape index (κ1) is 22.7. The highest BCUT2D eigenvalue weighted by Crippen LogP contribution is 2.33. The number of rotatable bonds is 5. The molecule has 0 aliphatic heterocycles.